The van der Waals surface area contributed by atoms with Crippen molar-refractivity contribution in [2.24, 2.45) is 0 Å². The normalized spacial score (nSPS) is 12.2. The number of hydrogen-bond donors (Lipinski definition) is 1. The molecule has 0 fully saturated rings. The first-order chi connectivity index (χ1) is 11.1. The molecule has 0 saturated carbocycles. The van der Waals surface area contributed by atoms with Gasteiger partial charge in [-0.1, -0.05) is 12.1 Å². The first-order valence-electron chi connectivity index (χ1n) is 7.52. The van der Waals surface area contributed by atoms with E-state index in [1.165, 1.54) is 24.3 Å². The number of nitrogens with zero attached hydrogens (tertiary/aromatic N) is 1. The van der Waals surface area contributed by atoms with Crippen LogP contribution in [0.15, 0.2) is 24.3 Å². The molecule has 8 nitrogen and oxygen atoms in total. The minimum atomic E-state index is -0.943. The lowest BCUT2D eigenvalue weighted by Crippen LogP contribution is -2.45. The lowest BCUT2D eigenvalue weighted by Gasteiger charge is -2.23. The molecule has 0 bridgehead atoms. The summed E-state index contributed by atoms with van der Waals surface area (Å²) >= 11 is 0. The summed E-state index contributed by atoms with van der Waals surface area (Å²) in [7, 11) is 0. The molecule has 0 aliphatic carbocycles. The van der Waals surface area contributed by atoms with Crippen LogP contribution in [-0.4, -0.2) is 35.2 Å². The van der Waals surface area contributed by atoms with E-state index >= 15 is 0 Å². The molecule has 0 saturated heterocycles. The van der Waals surface area contributed by atoms with Crippen molar-refractivity contribution in [3.05, 3.63) is 39.9 Å². The largest absolute Gasteiger partial charge is 0.464 e. The second kappa shape index (κ2) is 8.28. The van der Waals surface area contributed by atoms with Crippen LogP contribution in [0.3, 0.4) is 0 Å². The maximum absolute atomic E-state index is 12.0. The highest BCUT2D eigenvalue weighted by atomic mass is 16.6. The SMILES string of the molecule is CCOC(=O)C(Cc1ccc([N+](=O)[O-])cc1)NC(=O)OC(C)(C)C. The third-order valence-corrected chi connectivity index (χ3v) is 2.85. The molecule has 24 heavy (non-hydrogen) atoms. The summed E-state index contributed by atoms with van der Waals surface area (Å²) < 4.78 is 10.1. The number of nitrogens with one attached hydrogen (secondary N) is 1. The smallest absolute Gasteiger partial charge is 0.408 e. The number of alkyl carbamates (subject to hydrolysis) is 1. The number of benzene rings is 1. The summed E-state index contributed by atoms with van der Waals surface area (Å²) in [4.78, 5) is 34.1. The Hall–Kier alpha value is -2.64. The maximum atomic E-state index is 12.0. The standard InChI is InChI=1S/C16H22N2O6/c1-5-23-14(19)13(17-15(20)24-16(2,3)4)10-11-6-8-12(9-7-11)18(21)22/h6-9,13H,5,10H2,1-4H3,(H,17,20). The number of rotatable bonds is 6. The van der Waals surface area contributed by atoms with Crippen LogP contribution in [0.25, 0.3) is 0 Å². The van der Waals surface area contributed by atoms with Crippen molar-refractivity contribution in [2.75, 3.05) is 6.61 Å². The quantitative estimate of drug-likeness (QED) is 0.485. The summed E-state index contributed by atoms with van der Waals surface area (Å²) in [6.45, 7) is 6.97. The monoisotopic (exact) mass is 338 g/mol. The van der Waals surface area contributed by atoms with Gasteiger partial charge in [0, 0.05) is 18.6 Å². The number of carbonyl (C=O) groups excluding carboxylic acids is 2. The number of nitro benzene ring substituents is 1. The van der Waals surface area contributed by atoms with Gasteiger partial charge in [0.15, 0.2) is 0 Å². The van der Waals surface area contributed by atoms with Crippen molar-refractivity contribution >= 4 is 17.7 Å². The van der Waals surface area contributed by atoms with E-state index in [0.717, 1.165) is 0 Å². The van der Waals surface area contributed by atoms with Crippen LogP contribution >= 0.6 is 0 Å². The van der Waals surface area contributed by atoms with E-state index in [4.69, 9.17) is 9.47 Å². The van der Waals surface area contributed by atoms with E-state index < -0.39 is 28.6 Å². The maximum Gasteiger partial charge on any atom is 0.408 e. The van der Waals surface area contributed by atoms with Gasteiger partial charge in [-0.25, -0.2) is 9.59 Å². The van der Waals surface area contributed by atoms with Crippen molar-refractivity contribution in [3.8, 4) is 0 Å². The van der Waals surface area contributed by atoms with Crippen LogP contribution in [0, 0.1) is 10.1 Å². The van der Waals surface area contributed by atoms with Crippen molar-refractivity contribution in [1.29, 1.82) is 0 Å². The van der Waals surface area contributed by atoms with E-state index in [1.807, 2.05) is 0 Å². The molecule has 0 heterocycles. The molecule has 1 unspecified atom stereocenters. The Morgan fingerprint density at radius 2 is 1.83 bits per heavy atom. The Bertz CT molecular complexity index is 592. The molecule has 0 radical (unpaired) electrons. The number of carbonyl (C=O) groups is 2. The molecule has 0 spiro atoms. The van der Waals surface area contributed by atoms with Gasteiger partial charge in [-0.05, 0) is 33.3 Å². The van der Waals surface area contributed by atoms with Gasteiger partial charge in [0.2, 0.25) is 0 Å². The molecule has 1 aromatic rings. The van der Waals surface area contributed by atoms with E-state index in [9.17, 15) is 19.7 Å². The lowest BCUT2D eigenvalue weighted by molar-refractivity contribution is -0.384. The Kier molecular flexibility index (Phi) is 6.69. The second-order valence-corrected chi connectivity index (χ2v) is 6.08. The topological polar surface area (TPSA) is 108 Å². The van der Waals surface area contributed by atoms with Crippen molar-refractivity contribution < 1.29 is 24.0 Å². The average molecular weight is 338 g/mol. The first kappa shape index (κ1) is 19.4. The van der Waals surface area contributed by atoms with Gasteiger partial charge in [-0.15, -0.1) is 0 Å². The Balaban J connectivity index is 2.84. The Labute approximate surface area is 140 Å². The third kappa shape index (κ3) is 6.64. The molecule has 0 aliphatic heterocycles. The number of non-ortho nitro benzene ring substituents is 1. The summed E-state index contributed by atoms with van der Waals surface area (Å²) in [6.07, 6.45) is -0.599. The zero-order chi connectivity index (χ0) is 18.3. The molecular formula is C16H22N2O6. The molecule has 132 valence electrons. The van der Waals surface area contributed by atoms with Gasteiger partial charge < -0.3 is 14.8 Å². The predicted molar refractivity (Wildman–Crippen MR) is 86.6 cm³/mol. The fourth-order valence-electron chi connectivity index (χ4n) is 1.88. The van der Waals surface area contributed by atoms with E-state index in [0.29, 0.717) is 5.56 Å². The molecule has 1 rings (SSSR count). The zero-order valence-electron chi connectivity index (χ0n) is 14.2. The third-order valence-electron chi connectivity index (χ3n) is 2.85. The summed E-state index contributed by atoms with van der Waals surface area (Å²) in [5, 5.41) is 13.1. The van der Waals surface area contributed by atoms with Crippen LogP contribution in [-0.2, 0) is 20.7 Å². The minimum absolute atomic E-state index is 0.0495. The summed E-state index contributed by atoms with van der Waals surface area (Å²) in [6, 6.07) is 4.79. The predicted octanol–water partition coefficient (Wildman–Crippen LogP) is 2.59. The van der Waals surface area contributed by atoms with Crippen molar-refractivity contribution in [2.45, 2.75) is 45.8 Å². The number of nitro groups is 1. The van der Waals surface area contributed by atoms with Crippen molar-refractivity contribution in [1.82, 2.24) is 5.32 Å². The second-order valence-electron chi connectivity index (χ2n) is 6.08. The summed E-state index contributed by atoms with van der Waals surface area (Å²) in [5.74, 6) is -0.596. The highest BCUT2D eigenvalue weighted by molar-refractivity contribution is 5.81. The van der Waals surface area contributed by atoms with Gasteiger partial charge in [0.05, 0.1) is 11.5 Å². The molecule has 1 amide bonds. The van der Waals surface area contributed by atoms with E-state index in [2.05, 4.69) is 5.32 Å². The summed E-state index contributed by atoms with van der Waals surface area (Å²) in [5.41, 5.74) is -0.0994. The van der Waals surface area contributed by atoms with E-state index in [1.54, 1.807) is 27.7 Å². The van der Waals surface area contributed by atoms with E-state index in [-0.39, 0.29) is 18.7 Å². The van der Waals surface area contributed by atoms with Crippen LogP contribution in [0.4, 0.5) is 10.5 Å². The average Bonchev–Trinajstić information content (AvgIpc) is 2.45. The van der Waals surface area contributed by atoms with Gasteiger partial charge >= 0.3 is 12.1 Å². The molecule has 0 aliphatic rings. The molecule has 1 N–H and O–H groups in total. The van der Waals surface area contributed by atoms with Crippen molar-refractivity contribution in [3.63, 3.8) is 0 Å². The number of ether oxygens (including phenoxy) is 2. The molecule has 1 aromatic carbocycles. The first-order valence-corrected chi connectivity index (χ1v) is 7.52. The Morgan fingerprint density at radius 3 is 2.29 bits per heavy atom. The minimum Gasteiger partial charge on any atom is -0.464 e. The number of esters is 1. The van der Waals surface area contributed by atoms with Crippen LogP contribution < -0.4 is 5.32 Å². The van der Waals surface area contributed by atoms with Gasteiger partial charge in [0.1, 0.15) is 11.6 Å². The number of amides is 1. The Morgan fingerprint density at radius 1 is 1.25 bits per heavy atom. The van der Waals surface area contributed by atoms with Gasteiger partial charge in [0.25, 0.3) is 5.69 Å². The fourth-order valence-corrected chi connectivity index (χ4v) is 1.88. The fraction of sp³-hybridized carbons (Fsp3) is 0.500. The van der Waals surface area contributed by atoms with Gasteiger partial charge in [-0.3, -0.25) is 10.1 Å². The number of hydrogen-bond acceptors (Lipinski definition) is 6. The lowest BCUT2D eigenvalue weighted by atomic mass is 10.1. The van der Waals surface area contributed by atoms with Crippen LogP contribution in [0.1, 0.15) is 33.3 Å². The highest BCUT2D eigenvalue weighted by Gasteiger charge is 2.25. The van der Waals surface area contributed by atoms with Crippen LogP contribution in [0.2, 0.25) is 0 Å². The van der Waals surface area contributed by atoms with Gasteiger partial charge in [-0.2, -0.15) is 0 Å². The molecule has 8 heteroatoms. The molecule has 1 atom stereocenters. The highest BCUT2D eigenvalue weighted by Crippen LogP contribution is 2.14. The molecular weight excluding hydrogens is 316 g/mol. The van der Waals surface area contributed by atoms with Crippen LogP contribution in [0.5, 0.6) is 0 Å². The molecule has 0 aromatic heterocycles. The zero-order valence-corrected chi connectivity index (χ0v) is 14.2.